The quantitative estimate of drug-likeness (QED) is 0.360. The molecule has 2 aliphatic carbocycles. The number of amides is 4. The summed E-state index contributed by atoms with van der Waals surface area (Å²) in [6.45, 7) is 3.19. The molecule has 1 aromatic carbocycles. The number of ether oxygens (including phenoxy) is 2. The Balaban J connectivity index is 1.33. The molecular weight excluding hydrogens is 695 g/mol. The average molecular weight is 734 g/mol. The van der Waals surface area contributed by atoms with Gasteiger partial charge in [-0.2, -0.15) is 13.2 Å². The summed E-state index contributed by atoms with van der Waals surface area (Å²) in [7, 11) is -3.99. The summed E-state index contributed by atoms with van der Waals surface area (Å²) in [6, 6.07) is 3.78. The van der Waals surface area contributed by atoms with Crippen LogP contribution in [0.1, 0.15) is 56.9 Å². The number of alkyl halides is 3. The molecular formula is C34H38F3N5O8S. The molecule has 6 rings (SSSR count). The van der Waals surface area contributed by atoms with Crippen molar-refractivity contribution in [1.82, 2.24) is 25.2 Å². The van der Waals surface area contributed by atoms with E-state index in [1.807, 2.05) is 40.4 Å². The van der Waals surface area contributed by atoms with Crippen molar-refractivity contribution in [3.8, 4) is 5.88 Å². The van der Waals surface area contributed by atoms with Gasteiger partial charge >= 0.3 is 12.3 Å². The zero-order valence-corrected chi connectivity index (χ0v) is 28.3. The van der Waals surface area contributed by atoms with Gasteiger partial charge in [-0.05, 0) is 61.6 Å². The van der Waals surface area contributed by atoms with Crippen molar-refractivity contribution in [1.29, 1.82) is 0 Å². The Hall–Kier alpha value is -4.67. The topological polar surface area (TPSA) is 173 Å². The maximum atomic E-state index is 14.0. The molecule has 17 heteroatoms. The second kappa shape index (κ2) is 14.2. The van der Waals surface area contributed by atoms with E-state index in [2.05, 4.69) is 16.9 Å². The number of aromatic nitrogens is 1. The number of alkyl carbamates (subject to hydrolysis) is 1. The monoisotopic (exact) mass is 733 g/mol. The van der Waals surface area contributed by atoms with E-state index >= 15 is 0 Å². The van der Waals surface area contributed by atoms with Gasteiger partial charge in [0.05, 0.1) is 24.8 Å². The smallest absolute Gasteiger partial charge is 0.407 e. The molecule has 0 unspecified atom stereocenters. The van der Waals surface area contributed by atoms with Gasteiger partial charge < -0.3 is 25.0 Å². The zero-order valence-electron chi connectivity index (χ0n) is 27.5. The minimum Gasteiger partial charge on any atom is -0.472 e. The highest BCUT2D eigenvalue weighted by molar-refractivity contribution is 7.91. The molecule has 4 amide bonds. The van der Waals surface area contributed by atoms with Gasteiger partial charge in [0.25, 0.3) is 5.91 Å². The van der Waals surface area contributed by atoms with Crippen LogP contribution in [0.5, 0.6) is 5.88 Å². The van der Waals surface area contributed by atoms with Crippen molar-refractivity contribution in [2.45, 2.75) is 86.5 Å². The first-order chi connectivity index (χ1) is 24.2. The van der Waals surface area contributed by atoms with Crippen LogP contribution in [-0.2, 0) is 29.1 Å². The van der Waals surface area contributed by atoms with Crippen molar-refractivity contribution in [2.75, 3.05) is 13.2 Å². The van der Waals surface area contributed by atoms with E-state index in [1.54, 1.807) is 6.07 Å². The van der Waals surface area contributed by atoms with Crippen LogP contribution in [0.4, 0.5) is 18.0 Å². The van der Waals surface area contributed by atoms with Crippen LogP contribution >= 0.6 is 0 Å². The Morgan fingerprint density at radius 1 is 1.18 bits per heavy atom. The van der Waals surface area contributed by atoms with Gasteiger partial charge in [0, 0.05) is 23.9 Å². The Labute approximate surface area is 292 Å². The van der Waals surface area contributed by atoms with Gasteiger partial charge in [0.15, 0.2) is 0 Å². The summed E-state index contributed by atoms with van der Waals surface area (Å²) in [4.78, 5) is 59.1. The van der Waals surface area contributed by atoms with E-state index in [1.165, 1.54) is 12.3 Å². The van der Waals surface area contributed by atoms with Gasteiger partial charge in [-0.1, -0.05) is 30.4 Å². The Morgan fingerprint density at radius 2 is 1.96 bits per heavy atom. The largest absolute Gasteiger partial charge is 0.472 e. The SMILES string of the molecule is C=C[C@@H]1C[C@]1(NC(=O)[C@@H]1C[C@@H]2CN1C(=O)[C@H](CC(F)(F)F)NC(=O)OCCCCC=Cc1ccc3ccnc(c3c1)O2)C(=O)NS(=O)(=O)C1CC1. The molecule has 2 saturated carbocycles. The zero-order chi connectivity index (χ0) is 36.6. The number of fused-ring (bicyclic) bond motifs is 3. The number of benzene rings is 1. The number of carbonyl (C=O) groups excluding carboxylic acids is 4. The summed E-state index contributed by atoms with van der Waals surface area (Å²) in [6.07, 6.45) is 0.131. The number of cyclic esters (lactones) is 1. The first-order valence-electron chi connectivity index (χ1n) is 16.7. The van der Waals surface area contributed by atoms with E-state index in [0.29, 0.717) is 37.5 Å². The number of nitrogens with one attached hydrogen (secondary N) is 3. The number of pyridine rings is 1. The highest BCUT2D eigenvalue weighted by Crippen LogP contribution is 2.45. The van der Waals surface area contributed by atoms with E-state index in [0.717, 1.165) is 15.8 Å². The minimum atomic E-state index is -4.90. The summed E-state index contributed by atoms with van der Waals surface area (Å²) in [5, 5.41) is 5.29. The maximum Gasteiger partial charge on any atom is 0.407 e. The molecule has 1 saturated heterocycles. The van der Waals surface area contributed by atoms with Gasteiger partial charge in [-0.3, -0.25) is 19.1 Å². The van der Waals surface area contributed by atoms with Crippen molar-refractivity contribution < 1.29 is 50.2 Å². The predicted octanol–water partition coefficient (Wildman–Crippen LogP) is 3.50. The molecule has 2 aromatic rings. The number of halogens is 3. The van der Waals surface area contributed by atoms with Crippen LogP contribution in [0, 0.1) is 5.92 Å². The normalized spacial score (nSPS) is 27.3. The first kappa shape index (κ1) is 36.1. The lowest BCUT2D eigenvalue weighted by molar-refractivity contribution is -0.155. The second-order valence-corrected chi connectivity index (χ2v) is 15.3. The molecule has 3 fully saturated rings. The molecule has 1 aromatic heterocycles. The molecule has 0 spiro atoms. The average Bonchev–Trinajstić information content (AvgIpc) is 3.99. The molecule has 13 nitrogen and oxygen atoms in total. The number of sulfonamides is 1. The van der Waals surface area contributed by atoms with Crippen LogP contribution in [0.3, 0.4) is 0 Å². The fraction of sp³-hybridized carbons (Fsp3) is 0.500. The standard InChI is InChI=1S/C34H38F3N5O8S/c1-2-22-17-33(22,31(45)41-51(47,48)24-10-11-24)40-28(43)27-16-23-19-42(27)30(44)26(18-34(35,36)37)39-32(46)49-14-6-4-3-5-7-20-8-9-21-12-13-38-29(50-23)25(21)15-20/h2,5,7-9,12-13,15,22-24,26-27H,1,3-4,6,10-11,14,16-19H2,(H,39,46)(H,40,43)(H,41,45)/t22-,23-,26+,27+,33-/m1/s1. The van der Waals surface area contributed by atoms with Gasteiger partial charge in [0.1, 0.15) is 23.7 Å². The van der Waals surface area contributed by atoms with Crippen LogP contribution < -0.4 is 20.1 Å². The predicted molar refractivity (Wildman–Crippen MR) is 177 cm³/mol. The number of hydrogen-bond donors (Lipinski definition) is 3. The Morgan fingerprint density at radius 3 is 2.67 bits per heavy atom. The lowest BCUT2D eigenvalue weighted by atomic mass is 10.1. The van der Waals surface area contributed by atoms with E-state index in [4.69, 9.17) is 9.47 Å². The lowest BCUT2D eigenvalue weighted by Gasteiger charge is -2.30. The molecule has 4 bridgehead atoms. The fourth-order valence-corrected chi connectivity index (χ4v) is 7.84. The molecule has 51 heavy (non-hydrogen) atoms. The number of nitrogens with zero attached hydrogens (tertiary/aromatic N) is 2. The summed E-state index contributed by atoms with van der Waals surface area (Å²) < 4.78 is 79.9. The van der Waals surface area contributed by atoms with Crippen molar-refractivity contribution >= 4 is 50.7 Å². The van der Waals surface area contributed by atoms with E-state index in [-0.39, 0.29) is 31.9 Å². The number of allylic oxidation sites excluding steroid dienone is 1. The van der Waals surface area contributed by atoms with Crippen molar-refractivity contribution in [2.24, 2.45) is 5.92 Å². The number of rotatable bonds is 7. The van der Waals surface area contributed by atoms with E-state index in [9.17, 15) is 40.8 Å². The lowest BCUT2D eigenvalue weighted by Crippen LogP contribution is -2.58. The van der Waals surface area contributed by atoms with Crippen LogP contribution in [0.2, 0.25) is 0 Å². The Kier molecular flexibility index (Phi) is 10.0. The highest BCUT2D eigenvalue weighted by atomic mass is 32.2. The molecule has 274 valence electrons. The van der Waals surface area contributed by atoms with Crippen molar-refractivity contribution in [3.63, 3.8) is 0 Å². The third kappa shape index (κ3) is 8.29. The van der Waals surface area contributed by atoms with E-state index < -0.39 is 81.3 Å². The molecule has 5 atom stereocenters. The molecule has 4 aliphatic rings. The minimum absolute atomic E-state index is 0.00958. The number of carbonyl (C=O) groups is 4. The maximum absolute atomic E-state index is 14.0. The summed E-state index contributed by atoms with van der Waals surface area (Å²) in [5.74, 6) is -3.61. The molecule has 2 aliphatic heterocycles. The van der Waals surface area contributed by atoms with Crippen LogP contribution in [0.25, 0.3) is 16.8 Å². The van der Waals surface area contributed by atoms with Crippen molar-refractivity contribution in [3.05, 3.63) is 54.8 Å². The Bertz CT molecular complexity index is 1870. The number of hydrogen-bond acceptors (Lipinski definition) is 9. The third-order valence-corrected chi connectivity index (χ3v) is 11.3. The first-order valence-corrected chi connectivity index (χ1v) is 18.3. The van der Waals surface area contributed by atoms with Gasteiger partial charge in [-0.25, -0.2) is 18.2 Å². The highest BCUT2D eigenvalue weighted by Gasteiger charge is 2.62. The summed E-state index contributed by atoms with van der Waals surface area (Å²) in [5.41, 5.74) is -0.869. The third-order valence-electron chi connectivity index (χ3n) is 9.46. The van der Waals surface area contributed by atoms with Crippen LogP contribution in [-0.4, -0.2) is 90.4 Å². The second-order valence-electron chi connectivity index (χ2n) is 13.3. The fourth-order valence-electron chi connectivity index (χ4n) is 6.47. The molecule has 3 N–H and O–H groups in total. The van der Waals surface area contributed by atoms with Crippen LogP contribution in [0.15, 0.2) is 49.2 Å². The molecule has 0 radical (unpaired) electrons. The molecule has 3 heterocycles. The van der Waals surface area contributed by atoms with Gasteiger partial charge in [-0.15, -0.1) is 6.58 Å². The van der Waals surface area contributed by atoms with Gasteiger partial charge in [0.2, 0.25) is 27.7 Å². The summed E-state index contributed by atoms with van der Waals surface area (Å²) >= 11 is 0.